The number of carboxylic acid groups (broad SMARTS) is 1. The van der Waals surface area contributed by atoms with Gasteiger partial charge in [-0.15, -0.1) is 0 Å². The Hall–Kier alpha value is -2.33. The molecule has 0 radical (unpaired) electrons. The van der Waals surface area contributed by atoms with Crippen molar-refractivity contribution in [2.45, 2.75) is 45.4 Å². The molecule has 0 spiro atoms. The minimum absolute atomic E-state index is 0.487. The number of hydrogen-bond donors (Lipinski definition) is 2. The standard InChI is InChI=1S/C20H25NO3/c1-2-3-9-19(20(22)23)21-14-16-10-12-18(13-11-16)24-15-17-7-5-4-6-8-17/h4-8,10-13,19,21H,2-3,9,14-15H2,1H3,(H,22,23)/t19-/m0/s1. The lowest BCUT2D eigenvalue weighted by Gasteiger charge is -2.14. The van der Waals surface area contributed by atoms with Gasteiger partial charge >= 0.3 is 5.97 Å². The van der Waals surface area contributed by atoms with Crippen LogP contribution in [0.3, 0.4) is 0 Å². The zero-order valence-corrected chi connectivity index (χ0v) is 14.1. The highest BCUT2D eigenvalue weighted by Crippen LogP contribution is 2.14. The van der Waals surface area contributed by atoms with Crippen LogP contribution in [0.5, 0.6) is 5.75 Å². The maximum absolute atomic E-state index is 11.2. The SMILES string of the molecule is CCCC[C@H](NCc1ccc(OCc2ccccc2)cc1)C(=O)O. The summed E-state index contributed by atoms with van der Waals surface area (Å²) in [6.07, 6.45) is 2.57. The summed E-state index contributed by atoms with van der Waals surface area (Å²) in [5.74, 6) is 0.0228. The van der Waals surface area contributed by atoms with Crippen LogP contribution >= 0.6 is 0 Å². The zero-order chi connectivity index (χ0) is 17.2. The topological polar surface area (TPSA) is 58.6 Å². The highest BCUT2D eigenvalue weighted by Gasteiger charge is 2.15. The smallest absolute Gasteiger partial charge is 0.320 e. The summed E-state index contributed by atoms with van der Waals surface area (Å²) in [5, 5.41) is 12.3. The van der Waals surface area contributed by atoms with Gasteiger partial charge in [0.1, 0.15) is 18.4 Å². The second kappa shape index (κ2) is 9.73. The van der Waals surface area contributed by atoms with Crippen LogP contribution in [0, 0.1) is 0 Å². The van der Waals surface area contributed by atoms with Gasteiger partial charge in [-0.2, -0.15) is 0 Å². The van der Waals surface area contributed by atoms with Crippen molar-refractivity contribution in [1.82, 2.24) is 5.32 Å². The first-order valence-corrected chi connectivity index (χ1v) is 8.41. The Morgan fingerprint density at radius 2 is 1.79 bits per heavy atom. The lowest BCUT2D eigenvalue weighted by atomic mass is 10.1. The molecule has 0 unspecified atom stereocenters. The summed E-state index contributed by atoms with van der Waals surface area (Å²) < 4.78 is 5.75. The quantitative estimate of drug-likeness (QED) is 0.692. The Morgan fingerprint density at radius 3 is 2.42 bits per heavy atom. The summed E-state index contributed by atoms with van der Waals surface area (Å²) in [6, 6.07) is 17.3. The lowest BCUT2D eigenvalue weighted by molar-refractivity contribution is -0.139. The summed E-state index contributed by atoms with van der Waals surface area (Å²) in [4.78, 5) is 11.2. The molecule has 4 heteroatoms. The number of unbranched alkanes of at least 4 members (excludes halogenated alkanes) is 1. The zero-order valence-electron chi connectivity index (χ0n) is 14.1. The predicted octanol–water partition coefficient (Wildman–Crippen LogP) is 4.00. The van der Waals surface area contributed by atoms with E-state index < -0.39 is 12.0 Å². The van der Waals surface area contributed by atoms with E-state index in [4.69, 9.17) is 4.74 Å². The molecule has 0 fully saturated rings. The molecule has 1 atom stereocenters. The molecule has 2 N–H and O–H groups in total. The minimum atomic E-state index is -0.786. The van der Waals surface area contributed by atoms with E-state index >= 15 is 0 Å². The van der Waals surface area contributed by atoms with E-state index in [1.54, 1.807) is 0 Å². The van der Waals surface area contributed by atoms with Gasteiger partial charge in [0, 0.05) is 6.54 Å². The number of hydrogen-bond acceptors (Lipinski definition) is 3. The fraction of sp³-hybridized carbons (Fsp3) is 0.350. The second-order valence-electron chi connectivity index (χ2n) is 5.83. The van der Waals surface area contributed by atoms with E-state index in [0.29, 0.717) is 19.6 Å². The van der Waals surface area contributed by atoms with Crippen LogP contribution in [0.15, 0.2) is 54.6 Å². The van der Waals surface area contributed by atoms with E-state index in [2.05, 4.69) is 12.2 Å². The van der Waals surface area contributed by atoms with Crippen molar-refractivity contribution < 1.29 is 14.6 Å². The normalized spacial score (nSPS) is 11.9. The Bertz CT molecular complexity index is 611. The Balaban J connectivity index is 1.81. The van der Waals surface area contributed by atoms with Crippen LogP contribution in [0.2, 0.25) is 0 Å². The highest BCUT2D eigenvalue weighted by atomic mass is 16.5. The first-order valence-electron chi connectivity index (χ1n) is 8.41. The molecule has 0 aliphatic heterocycles. The average Bonchev–Trinajstić information content (AvgIpc) is 2.61. The molecule has 0 amide bonds. The van der Waals surface area contributed by atoms with Gasteiger partial charge in [-0.3, -0.25) is 4.79 Å². The van der Waals surface area contributed by atoms with Crippen molar-refractivity contribution in [3.8, 4) is 5.75 Å². The van der Waals surface area contributed by atoms with Gasteiger partial charge in [0.2, 0.25) is 0 Å². The maximum atomic E-state index is 11.2. The van der Waals surface area contributed by atoms with Gasteiger partial charge in [0.15, 0.2) is 0 Å². The highest BCUT2D eigenvalue weighted by molar-refractivity contribution is 5.73. The number of ether oxygens (including phenoxy) is 1. The first-order chi connectivity index (χ1) is 11.7. The second-order valence-corrected chi connectivity index (χ2v) is 5.83. The molecule has 0 saturated heterocycles. The number of aliphatic carboxylic acids is 1. The number of nitrogens with one attached hydrogen (secondary N) is 1. The van der Waals surface area contributed by atoms with Crippen LogP contribution in [0.1, 0.15) is 37.3 Å². The van der Waals surface area contributed by atoms with Crippen molar-refractivity contribution in [1.29, 1.82) is 0 Å². The molecule has 0 aromatic heterocycles. The van der Waals surface area contributed by atoms with Gasteiger partial charge in [0.05, 0.1) is 0 Å². The van der Waals surface area contributed by atoms with Gasteiger partial charge < -0.3 is 15.2 Å². The summed E-state index contributed by atoms with van der Waals surface area (Å²) in [7, 11) is 0. The molecule has 2 aromatic rings. The van der Waals surface area contributed by atoms with E-state index in [-0.39, 0.29) is 0 Å². The van der Waals surface area contributed by atoms with Gasteiger partial charge in [-0.1, -0.05) is 62.2 Å². The molecular formula is C20H25NO3. The van der Waals surface area contributed by atoms with Crippen molar-refractivity contribution >= 4 is 5.97 Å². The molecular weight excluding hydrogens is 302 g/mol. The molecule has 2 aromatic carbocycles. The van der Waals surface area contributed by atoms with Gasteiger partial charge in [0.25, 0.3) is 0 Å². The van der Waals surface area contributed by atoms with Crippen molar-refractivity contribution in [2.75, 3.05) is 0 Å². The molecule has 0 aliphatic rings. The third-order valence-corrected chi connectivity index (χ3v) is 3.87. The number of rotatable bonds is 10. The predicted molar refractivity (Wildman–Crippen MR) is 95.0 cm³/mol. The van der Waals surface area contributed by atoms with Crippen LogP contribution in [0.25, 0.3) is 0 Å². The van der Waals surface area contributed by atoms with Gasteiger partial charge in [-0.25, -0.2) is 0 Å². The van der Waals surface area contributed by atoms with Crippen LogP contribution in [0.4, 0.5) is 0 Å². The molecule has 4 nitrogen and oxygen atoms in total. The van der Waals surface area contributed by atoms with Crippen molar-refractivity contribution in [2.24, 2.45) is 0 Å². The molecule has 2 rings (SSSR count). The minimum Gasteiger partial charge on any atom is -0.489 e. The summed E-state index contributed by atoms with van der Waals surface area (Å²) in [6.45, 7) is 3.14. The number of benzene rings is 2. The number of carbonyl (C=O) groups is 1. The van der Waals surface area contributed by atoms with Crippen LogP contribution < -0.4 is 10.1 Å². The Morgan fingerprint density at radius 1 is 1.08 bits per heavy atom. The third kappa shape index (κ3) is 6.05. The fourth-order valence-corrected chi connectivity index (χ4v) is 2.41. The van der Waals surface area contributed by atoms with E-state index in [0.717, 1.165) is 29.7 Å². The number of carboxylic acids is 1. The van der Waals surface area contributed by atoms with Crippen molar-refractivity contribution in [3.05, 3.63) is 65.7 Å². The summed E-state index contributed by atoms with van der Waals surface area (Å²) >= 11 is 0. The monoisotopic (exact) mass is 327 g/mol. The molecule has 0 bridgehead atoms. The maximum Gasteiger partial charge on any atom is 0.320 e. The first kappa shape index (κ1) is 18.0. The lowest BCUT2D eigenvalue weighted by Crippen LogP contribution is -2.36. The average molecular weight is 327 g/mol. The Kier molecular flexibility index (Phi) is 7.30. The molecule has 0 heterocycles. The Labute approximate surface area is 143 Å². The largest absolute Gasteiger partial charge is 0.489 e. The molecule has 0 aliphatic carbocycles. The van der Waals surface area contributed by atoms with Gasteiger partial charge in [-0.05, 0) is 29.7 Å². The van der Waals surface area contributed by atoms with E-state index in [1.165, 1.54) is 0 Å². The molecule has 128 valence electrons. The molecule has 24 heavy (non-hydrogen) atoms. The summed E-state index contributed by atoms with van der Waals surface area (Å²) in [5.41, 5.74) is 2.17. The fourth-order valence-electron chi connectivity index (χ4n) is 2.41. The van der Waals surface area contributed by atoms with Crippen LogP contribution in [-0.4, -0.2) is 17.1 Å². The molecule has 0 saturated carbocycles. The third-order valence-electron chi connectivity index (χ3n) is 3.87. The van der Waals surface area contributed by atoms with Crippen LogP contribution in [-0.2, 0) is 17.9 Å². The van der Waals surface area contributed by atoms with E-state index in [9.17, 15) is 9.90 Å². The van der Waals surface area contributed by atoms with Crippen molar-refractivity contribution in [3.63, 3.8) is 0 Å². The van der Waals surface area contributed by atoms with E-state index in [1.807, 2.05) is 54.6 Å².